The van der Waals surface area contributed by atoms with Crippen LogP contribution in [0, 0.1) is 11.8 Å². The number of hydrogen-bond donors (Lipinski definition) is 3. The van der Waals surface area contributed by atoms with Crippen molar-refractivity contribution in [1.82, 2.24) is 0 Å². The van der Waals surface area contributed by atoms with Gasteiger partial charge in [-0.15, -0.1) is 0 Å². The van der Waals surface area contributed by atoms with Gasteiger partial charge in [0.05, 0.1) is 18.3 Å². The average Bonchev–Trinajstić information content (AvgIpc) is 2.57. The molecular weight excluding hydrogens is 328 g/mol. The zero-order valence-corrected chi connectivity index (χ0v) is 17.2. The molecule has 0 bridgehead atoms. The molecule has 5 unspecified atom stereocenters. The van der Waals surface area contributed by atoms with Gasteiger partial charge in [-0.05, 0) is 57.4 Å². The molecule has 1 fully saturated rings. The smallest absolute Gasteiger partial charge is 0.109 e. The normalized spacial score (nSPS) is 29.8. The maximum Gasteiger partial charge on any atom is 0.109 e. The van der Waals surface area contributed by atoms with E-state index in [1.54, 1.807) is 0 Å². The molecule has 0 aromatic carbocycles. The van der Waals surface area contributed by atoms with E-state index in [1.165, 1.54) is 5.57 Å². The molecule has 0 spiro atoms. The molecule has 0 saturated heterocycles. The lowest BCUT2D eigenvalue weighted by atomic mass is 9.89. The van der Waals surface area contributed by atoms with Crippen LogP contribution in [0.15, 0.2) is 35.5 Å². The molecule has 1 rings (SSSR count). The maximum atomic E-state index is 10.2. The van der Waals surface area contributed by atoms with Crippen LogP contribution in [0.1, 0.15) is 60.8 Å². The summed E-state index contributed by atoms with van der Waals surface area (Å²) in [5, 5.41) is 29.9. The Hall–Kier alpha value is -0.940. The lowest BCUT2D eigenvalue weighted by Crippen LogP contribution is -2.51. The number of aliphatic hydroxyl groups is 3. The fourth-order valence-electron chi connectivity index (χ4n) is 2.89. The standard InChI is InChI=1S/C22H38O4/c1-14(2)10-12-19(17(6)9-7-8-16(5)15(3)4)26-20-13-11-18(23)21(24)22(20)25/h7-10,15-16,18-25H,11-13H2,1-6H3/b8-7+,17-9+/t16?,18?,19-,20?,21?,22?/m0/s1. The quantitative estimate of drug-likeness (QED) is 0.452. The van der Waals surface area contributed by atoms with Crippen LogP contribution in [0.3, 0.4) is 0 Å². The zero-order chi connectivity index (χ0) is 19.9. The number of ether oxygens (including phenoxy) is 1. The average molecular weight is 367 g/mol. The van der Waals surface area contributed by atoms with Crippen LogP contribution < -0.4 is 0 Å². The molecule has 0 aromatic heterocycles. The summed E-state index contributed by atoms with van der Waals surface area (Å²) < 4.78 is 6.17. The molecule has 0 aliphatic heterocycles. The van der Waals surface area contributed by atoms with E-state index in [0.29, 0.717) is 24.7 Å². The molecular formula is C22H38O4. The number of aliphatic hydroxyl groups excluding tert-OH is 3. The molecule has 4 heteroatoms. The van der Waals surface area contributed by atoms with Crippen LogP contribution in [0.4, 0.5) is 0 Å². The van der Waals surface area contributed by atoms with Crippen LogP contribution in [0.2, 0.25) is 0 Å². The molecule has 3 N–H and O–H groups in total. The first-order valence-electron chi connectivity index (χ1n) is 9.81. The third-order valence-electron chi connectivity index (χ3n) is 5.28. The van der Waals surface area contributed by atoms with Gasteiger partial charge in [0.25, 0.3) is 0 Å². The van der Waals surface area contributed by atoms with Gasteiger partial charge < -0.3 is 20.1 Å². The first kappa shape index (κ1) is 23.1. The van der Waals surface area contributed by atoms with Gasteiger partial charge in [0.15, 0.2) is 0 Å². The highest BCUT2D eigenvalue weighted by Crippen LogP contribution is 2.26. The minimum absolute atomic E-state index is 0.161. The first-order chi connectivity index (χ1) is 12.1. The lowest BCUT2D eigenvalue weighted by Gasteiger charge is -2.37. The second-order valence-corrected chi connectivity index (χ2v) is 8.20. The maximum absolute atomic E-state index is 10.2. The minimum Gasteiger partial charge on any atom is -0.390 e. The van der Waals surface area contributed by atoms with E-state index in [4.69, 9.17) is 4.74 Å². The van der Waals surface area contributed by atoms with Crippen LogP contribution in [0.25, 0.3) is 0 Å². The molecule has 0 aromatic rings. The second kappa shape index (κ2) is 11.0. The van der Waals surface area contributed by atoms with Crippen molar-refractivity contribution < 1.29 is 20.1 Å². The van der Waals surface area contributed by atoms with E-state index in [1.807, 2.05) is 6.92 Å². The SMILES string of the molecule is CC(C)=CC[C@H](OC1CCC(O)C(O)C1O)/C(C)=C/C=C/C(C)C(C)C. The lowest BCUT2D eigenvalue weighted by molar-refractivity contribution is -0.162. The van der Waals surface area contributed by atoms with Gasteiger partial charge in [0.1, 0.15) is 12.2 Å². The summed E-state index contributed by atoms with van der Waals surface area (Å²) in [6, 6.07) is 0. The van der Waals surface area contributed by atoms with Crippen molar-refractivity contribution in [1.29, 1.82) is 0 Å². The van der Waals surface area contributed by atoms with Crippen molar-refractivity contribution in [3.8, 4) is 0 Å². The van der Waals surface area contributed by atoms with Gasteiger partial charge in [-0.2, -0.15) is 0 Å². The predicted octanol–water partition coefficient (Wildman–Crippen LogP) is 3.77. The van der Waals surface area contributed by atoms with Crippen LogP contribution in [-0.2, 0) is 4.74 Å². The van der Waals surface area contributed by atoms with E-state index < -0.39 is 24.4 Å². The van der Waals surface area contributed by atoms with E-state index in [-0.39, 0.29) is 6.10 Å². The Morgan fingerprint density at radius 2 is 1.69 bits per heavy atom. The van der Waals surface area contributed by atoms with E-state index in [2.05, 4.69) is 58.9 Å². The van der Waals surface area contributed by atoms with Crippen molar-refractivity contribution in [2.75, 3.05) is 0 Å². The van der Waals surface area contributed by atoms with Crippen LogP contribution in [0.5, 0.6) is 0 Å². The summed E-state index contributed by atoms with van der Waals surface area (Å²) in [6.07, 6.45) is 6.47. The molecule has 26 heavy (non-hydrogen) atoms. The van der Waals surface area contributed by atoms with E-state index in [0.717, 1.165) is 12.0 Å². The van der Waals surface area contributed by atoms with Crippen molar-refractivity contribution in [3.63, 3.8) is 0 Å². The highest BCUT2D eigenvalue weighted by molar-refractivity contribution is 5.17. The molecule has 0 amide bonds. The minimum atomic E-state index is -1.14. The van der Waals surface area contributed by atoms with Gasteiger partial charge in [0, 0.05) is 0 Å². The van der Waals surface area contributed by atoms with Gasteiger partial charge in [-0.3, -0.25) is 0 Å². The summed E-state index contributed by atoms with van der Waals surface area (Å²) in [4.78, 5) is 0. The largest absolute Gasteiger partial charge is 0.390 e. The Labute approximate surface area is 159 Å². The Kier molecular flexibility index (Phi) is 9.80. The third kappa shape index (κ3) is 7.36. The van der Waals surface area contributed by atoms with Gasteiger partial charge in [0.2, 0.25) is 0 Å². The van der Waals surface area contributed by atoms with Gasteiger partial charge in [-0.1, -0.05) is 50.6 Å². The molecule has 4 nitrogen and oxygen atoms in total. The Morgan fingerprint density at radius 3 is 2.27 bits per heavy atom. The topological polar surface area (TPSA) is 69.9 Å². The molecule has 1 saturated carbocycles. The van der Waals surface area contributed by atoms with E-state index >= 15 is 0 Å². The summed E-state index contributed by atoms with van der Waals surface area (Å²) in [7, 11) is 0. The monoisotopic (exact) mass is 366 g/mol. The van der Waals surface area contributed by atoms with Crippen molar-refractivity contribution in [3.05, 3.63) is 35.5 Å². The Bertz CT molecular complexity index is 502. The molecule has 6 atom stereocenters. The predicted molar refractivity (Wildman–Crippen MR) is 107 cm³/mol. The summed E-state index contributed by atoms with van der Waals surface area (Å²) in [5.74, 6) is 1.11. The summed E-state index contributed by atoms with van der Waals surface area (Å²) in [6.45, 7) is 12.7. The van der Waals surface area contributed by atoms with Crippen molar-refractivity contribution >= 4 is 0 Å². The number of hydrogen-bond acceptors (Lipinski definition) is 4. The summed E-state index contributed by atoms with van der Waals surface area (Å²) in [5.41, 5.74) is 2.30. The van der Waals surface area contributed by atoms with Gasteiger partial charge >= 0.3 is 0 Å². The molecule has 0 heterocycles. The van der Waals surface area contributed by atoms with Crippen molar-refractivity contribution in [2.24, 2.45) is 11.8 Å². The fourth-order valence-corrected chi connectivity index (χ4v) is 2.89. The highest BCUT2D eigenvalue weighted by Gasteiger charge is 2.38. The Balaban J connectivity index is 2.85. The fraction of sp³-hybridized carbons (Fsp3) is 0.727. The van der Waals surface area contributed by atoms with Crippen LogP contribution in [-0.4, -0.2) is 45.8 Å². The number of allylic oxidation sites excluding steroid dienone is 4. The highest BCUT2D eigenvalue weighted by atomic mass is 16.5. The molecule has 1 aliphatic carbocycles. The molecule has 1 aliphatic rings. The molecule has 150 valence electrons. The van der Waals surface area contributed by atoms with Crippen molar-refractivity contribution in [2.45, 2.75) is 91.3 Å². The van der Waals surface area contributed by atoms with Gasteiger partial charge in [-0.25, -0.2) is 0 Å². The second-order valence-electron chi connectivity index (χ2n) is 8.20. The van der Waals surface area contributed by atoms with Crippen LogP contribution >= 0.6 is 0 Å². The molecule has 0 radical (unpaired) electrons. The Morgan fingerprint density at radius 1 is 1.04 bits per heavy atom. The van der Waals surface area contributed by atoms with E-state index in [9.17, 15) is 15.3 Å². The number of rotatable bonds is 8. The third-order valence-corrected chi connectivity index (χ3v) is 5.28. The zero-order valence-electron chi connectivity index (χ0n) is 17.2. The first-order valence-corrected chi connectivity index (χ1v) is 9.81. The summed E-state index contributed by atoms with van der Waals surface area (Å²) >= 11 is 0.